The van der Waals surface area contributed by atoms with E-state index >= 15 is 0 Å². The number of allylic oxidation sites excluding steroid dienone is 2. The first-order chi connectivity index (χ1) is 16.2. The molecule has 1 atom stereocenters. The van der Waals surface area contributed by atoms with Crippen molar-refractivity contribution >= 4 is 11.6 Å². The van der Waals surface area contributed by atoms with Crippen molar-refractivity contribution in [3.05, 3.63) is 70.6 Å². The molecule has 0 unspecified atom stereocenters. The Hall–Kier alpha value is -3.74. The first kappa shape index (κ1) is 22.1. The topological polar surface area (TPSA) is 85.6 Å². The van der Waals surface area contributed by atoms with Gasteiger partial charge < -0.3 is 19.9 Å². The molecule has 1 aliphatic heterocycles. The molecule has 3 aromatic rings. The molecular weight excluding hydrogens is 430 g/mol. The Morgan fingerprint density at radius 1 is 1.09 bits per heavy atom. The minimum absolute atomic E-state index is 0.0649. The summed E-state index contributed by atoms with van der Waals surface area (Å²) in [5, 5.41) is 19.0. The van der Waals surface area contributed by atoms with Crippen LogP contribution in [0.3, 0.4) is 0 Å². The SMILES string of the molecule is COc1cc([C@@H]2C3=C(CC(C)(C)CC3=O)Nc3c2c(C)nn3-c2ccccc2)cc(OC)c1O. The highest BCUT2D eigenvalue weighted by Gasteiger charge is 2.43. The van der Waals surface area contributed by atoms with Crippen LogP contribution in [0.5, 0.6) is 17.2 Å². The van der Waals surface area contributed by atoms with Crippen molar-refractivity contribution < 1.29 is 19.4 Å². The second-order valence-corrected chi connectivity index (χ2v) is 9.76. The van der Waals surface area contributed by atoms with Gasteiger partial charge in [-0.1, -0.05) is 32.0 Å². The van der Waals surface area contributed by atoms with Gasteiger partial charge in [0.15, 0.2) is 17.3 Å². The number of aromatic nitrogens is 2. The number of phenols is 1. The van der Waals surface area contributed by atoms with Gasteiger partial charge in [-0.25, -0.2) is 4.68 Å². The van der Waals surface area contributed by atoms with Gasteiger partial charge in [-0.05, 0) is 48.6 Å². The monoisotopic (exact) mass is 459 g/mol. The van der Waals surface area contributed by atoms with E-state index in [1.54, 1.807) is 12.1 Å². The summed E-state index contributed by atoms with van der Waals surface area (Å²) in [6, 6.07) is 13.5. The number of ketones is 1. The van der Waals surface area contributed by atoms with Gasteiger partial charge in [0.25, 0.3) is 0 Å². The molecule has 0 spiro atoms. The summed E-state index contributed by atoms with van der Waals surface area (Å²) in [5.41, 5.74) is 5.02. The molecule has 1 aliphatic carbocycles. The quantitative estimate of drug-likeness (QED) is 0.564. The zero-order valence-electron chi connectivity index (χ0n) is 20.1. The molecule has 2 N–H and O–H groups in total. The smallest absolute Gasteiger partial charge is 0.200 e. The van der Waals surface area contributed by atoms with E-state index in [4.69, 9.17) is 14.6 Å². The van der Waals surface area contributed by atoms with Crippen LogP contribution in [0.4, 0.5) is 5.82 Å². The predicted octanol–water partition coefficient (Wildman–Crippen LogP) is 5.10. The van der Waals surface area contributed by atoms with Crippen molar-refractivity contribution in [1.29, 1.82) is 0 Å². The maximum atomic E-state index is 13.6. The third kappa shape index (κ3) is 3.43. The first-order valence-electron chi connectivity index (χ1n) is 11.4. The molecule has 34 heavy (non-hydrogen) atoms. The molecule has 2 heterocycles. The highest BCUT2D eigenvalue weighted by Crippen LogP contribution is 2.52. The number of aryl methyl sites for hydroxylation is 1. The summed E-state index contributed by atoms with van der Waals surface area (Å²) in [4.78, 5) is 13.6. The van der Waals surface area contributed by atoms with Gasteiger partial charge in [-0.2, -0.15) is 5.10 Å². The number of carbonyl (C=O) groups is 1. The number of nitrogens with zero attached hydrogens (tertiary/aromatic N) is 2. The van der Waals surface area contributed by atoms with Gasteiger partial charge in [-0.15, -0.1) is 0 Å². The number of benzene rings is 2. The van der Waals surface area contributed by atoms with E-state index < -0.39 is 0 Å². The van der Waals surface area contributed by atoms with Crippen LogP contribution in [0.1, 0.15) is 49.4 Å². The van der Waals surface area contributed by atoms with Crippen LogP contribution >= 0.6 is 0 Å². The van der Waals surface area contributed by atoms with Gasteiger partial charge >= 0.3 is 0 Å². The standard InChI is InChI=1S/C27H29N3O4/c1-15-22-23(16-11-20(33-4)25(32)21(12-16)34-5)24-18(13-27(2,3)14-19(24)31)28-26(22)30(29-15)17-9-7-6-8-10-17/h6-12,23,28,32H,13-14H2,1-5H3/t23-/m0/s1. The number of rotatable bonds is 4. The lowest BCUT2D eigenvalue weighted by Crippen LogP contribution is -2.34. The fourth-order valence-electron chi connectivity index (χ4n) is 5.24. The second kappa shape index (κ2) is 7.94. The molecular formula is C27H29N3O4. The predicted molar refractivity (Wildman–Crippen MR) is 130 cm³/mol. The molecule has 0 saturated heterocycles. The van der Waals surface area contributed by atoms with E-state index in [0.717, 1.165) is 46.0 Å². The summed E-state index contributed by atoms with van der Waals surface area (Å²) in [6.07, 6.45) is 1.22. The molecule has 0 saturated carbocycles. The van der Waals surface area contributed by atoms with Gasteiger partial charge in [0.05, 0.1) is 25.6 Å². The van der Waals surface area contributed by atoms with Gasteiger partial charge in [-0.3, -0.25) is 4.79 Å². The third-order valence-electron chi connectivity index (χ3n) is 6.71. The van der Waals surface area contributed by atoms with Gasteiger partial charge in [0, 0.05) is 29.2 Å². The molecule has 0 fully saturated rings. The van der Waals surface area contributed by atoms with Crippen molar-refractivity contribution in [3.8, 4) is 22.9 Å². The van der Waals surface area contributed by atoms with E-state index in [9.17, 15) is 9.90 Å². The number of hydrogen-bond acceptors (Lipinski definition) is 6. The van der Waals surface area contributed by atoms with Gasteiger partial charge in [0.2, 0.25) is 5.75 Å². The molecule has 5 rings (SSSR count). The number of carbonyl (C=O) groups excluding carboxylic acids is 1. The normalized spacial score (nSPS) is 18.7. The Morgan fingerprint density at radius 3 is 2.35 bits per heavy atom. The summed E-state index contributed by atoms with van der Waals surface area (Å²) in [6.45, 7) is 6.20. The van der Waals surface area contributed by atoms with Crippen LogP contribution in [0.25, 0.3) is 5.69 Å². The molecule has 1 aromatic heterocycles. The average molecular weight is 460 g/mol. The lowest BCUT2D eigenvalue weighted by atomic mass is 9.69. The van der Waals surface area contributed by atoms with Gasteiger partial charge in [0.1, 0.15) is 5.82 Å². The van der Waals surface area contributed by atoms with Crippen LogP contribution in [0.2, 0.25) is 0 Å². The van der Waals surface area contributed by atoms with E-state index in [-0.39, 0.29) is 22.9 Å². The Kier molecular flexibility index (Phi) is 5.15. The lowest BCUT2D eigenvalue weighted by molar-refractivity contribution is -0.118. The Balaban J connectivity index is 1.79. The number of methoxy groups -OCH3 is 2. The summed E-state index contributed by atoms with van der Waals surface area (Å²) in [5.74, 6) is 1.14. The van der Waals surface area contributed by atoms with Crippen molar-refractivity contribution in [1.82, 2.24) is 9.78 Å². The van der Waals surface area contributed by atoms with Crippen molar-refractivity contribution in [3.63, 3.8) is 0 Å². The number of phenolic OH excluding ortho intramolecular Hbond substituents is 1. The number of anilines is 1. The zero-order valence-corrected chi connectivity index (χ0v) is 20.1. The third-order valence-corrected chi connectivity index (χ3v) is 6.71. The number of hydrogen-bond donors (Lipinski definition) is 2. The largest absolute Gasteiger partial charge is 0.502 e. The van der Waals surface area contributed by atoms with Crippen LogP contribution in [0, 0.1) is 12.3 Å². The maximum absolute atomic E-state index is 13.6. The summed E-state index contributed by atoms with van der Waals surface area (Å²) in [7, 11) is 3.01. The summed E-state index contributed by atoms with van der Waals surface area (Å²) < 4.78 is 12.8. The van der Waals surface area contributed by atoms with Crippen LogP contribution in [-0.4, -0.2) is 34.9 Å². The molecule has 0 radical (unpaired) electrons. The highest BCUT2D eigenvalue weighted by molar-refractivity contribution is 6.01. The van der Waals surface area contributed by atoms with E-state index in [0.29, 0.717) is 17.9 Å². The second-order valence-electron chi connectivity index (χ2n) is 9.76. The van der Waals surface area contributed by atoms with Crippen LogP contribution in [-0.2, 0) is 4.79 Å². The molecule has 7 heteroatoms. The molecule has 7 nitrogen and oxygen atoms in total. The minimum atomic E-state index is -0.365. The number of nitrogens with one attached hydrogen (secondary N) is 1. The Bertz CT molecular complexity index is 1300. The molecule has 0 bridgehead atoms. The molecule has 176 valence electrons. The first-order valence-corrected chi connectivity index (χ1v) is 11.4. The lowest BCUT2D eigenvalue weighted by Gasteiger charge is -2.38. The van der Waals surface area contributed by atoms with Crippen molar-refractivity contribution in [2.75, 3.05) is 19.5 Å². The minimum Gasteiger partial charge on any atom is -0.502 e. The van der Waals surface area contributed by atoms with Crippen LogP contribution < -0.4 is 14.8 Å². The number of para-hydroxylation sites is 1. The molecule has 0 amide bonds. The molecule has 2 aromatic carbocycles. The summed E-state index contributed by atoms with van der Waals surface area (Å²) >= 11 is 0. The van der Waals surface area contributed by atoms with Crippen molar-refractivity contribution in [2.45, 2.75) is 39.5 Å². The Labute approximate surface area is 199 Å². The number of ether oxygens (including phenoxy) is 2. The average Bonchev–Trinajstić information content (AvgIpc) is 3.13. The number of Topliss-reactive ketones (excluding diaryl/α,β-unsaturated/α-hetero) is 1. The number of fused-ring (bicyclic) bond motifs is 1. The number of aromatic hydroxyl groups is 1. The van der Waals surface area contributed by atoms with Crippen LogP contribution in [0.15, 0.2) is 53.7 Å². The fourth-order valence-corrected chi connectivity index (χ4v) is 5.24. The Morgan fingerprint density at radius 2 is 1.74 bits per heavy atom. The molecule has 2 aliphatic rings. The van der Waals surface area contributed by atoms with E-state index in [2.05, 4.69) is 19.2 Å². The fraction of sp³-hybridized carbons (Fsp3) is 0.333. The highest BCUT2D eigenvalue weighted by atomic mass is 16.5. The van der Waals surface area contributed by atoms with E-state index in [1.165, 1.54) is 14.2 Å². The maximum Gasteiger partial charge on any atom is 0.200 e. The van der Waals surface area contributed by atoms with Crippen molar-refractivity contribution in [2.24, 2.45) is 5.41 Å². The van der Waals surface area contributed by atoms with E-state index in [1.807, 2.05) is 41.9 Å². The zero-order chi connectivity index (χ0) is 24.2.